The summed E-state index contributed by atoms with van der Waals surface area (Å²) in [6.07, 6.45) is 2.67. The highest BCUT2D eigenvalue weighted by molar-refractivity contribution is 7.07. The van der Waals surface area contributed by atoms with Crippen LogP contribution in [-0.4, -0.2) is 79.4 Å². The van der Waals surface area contributed by atoms with E-state index in [1.165, 1.54) is 5.56 Å². The Bertz CT molecular complexity index is 581. The van der Waals surface area contributed by atoms with Gasteiger partial charge >= 0.3 is 0 Å². The van der Waals surface area contributed by atoms with Crippen molar-refractivity contribution >= 4 is 23.2 Å². The zero-order valence-corrected chi connectivity index (χ0v) is 18.5. The van der Waals surface area contributed by atoms with Gasteiger partial charge in [-0.15, -0.1) is 0 Å². The first-order chi connectivity index (χ1) is 13.5. The molecule has 1 aromatic heterocycles. The van der Waals surface area contributed by atoms with Gasteiger partial charge in [0.05, 0.1) is 6.54 Å². The van der Waals surface area contributed by atoms with E-state index in [1.54, 1.807) is 16.2 Å². The van der Waals surface area contributed by atoms with E-state index in [1.807, 2.05) is 12.4 Å². The summed E-state index contributed by atoms with van der Waals surface area (Å²) in [5.74, 6) is 0.411. The highest BCUT2D eigenvalue weighted by atomic mass is 32.1. The molecule has 28 heavy (non-hydrogen) atoms. The quantitative estimate of drug-likeness (QED) is 0.571. The Morgan fingerprint density at radius 1 is 1.25 bits per heavy atom. The molecule has 0 aromatic carbocycles. The molecule has 0 unspecified atom stereocenters. The van der Waals surface area contributed by atoms with E-state index in [0.717, 1.165) is 58.5 Å². The molecule has 0 atom stereocenters. The third kappa shape index (κ3) is 7.53. The topological polar surface area (TPSA) is 55.9 Å². The maximum absolute atomic E-state index is 12.4. The van der Waals surface area contributed by atoms with Crippen molar-refractivity contribution < 1.29 is 9.59 Å². The molecule has 1 aromatic rings. The fourth-order valence-corrected chi connectivity index (χ4v) is 4.27. The van der Waals surface area contributed by atoms with E-state index in [0.29, 0.717) is 13.1 Å². The van der Waals surface area contributed by atoms with Crippen molar-refractivity contribution in [2.24, 2.45) is 5.92 Å². The van der Waals surface area contributed by atoms with Crippen molar-refractivity contribution in [2.45, 2.75) is 39.7 Å². The summed E-state index contributed by atoms with van der Waals surface area (Å²) in [6, 6.07) is 2.06. The fourth-order valence-electron chi connectivity index (χ4n) is 3.61. The zero-order valence-electron chi connectivity index (χ0n) is 17.7. The van der Waals surface area contributed by atoms with Crippen LogP contribution in [0.1, 0.15) is 38.7 Å². The van der Waals surface area contributed by atoms with Crippen LogP contribution in [0.15, 0.2) is 16.8 Å². The van der Waals surface area contributed by atoms with Crippen molar-refractivity contribution in [3.8, 4) is 0 Å². The van der Waals surface area contributed by atoms with Gasteiger partial charge in [0, 0.05) is 26.1 Å². The van der Waals surface area contributed by atoms with Gasteiger partial charge in [-0.1, -0.05) is 13.8 Å². The number of hydrogen-bond acceptors (Lipinski definition) is 5. The van der Waals surface area contributed by atoms with Crippen molar-refractivity contribution in [3.63, 3.8) is 0 Å². The second kappa shape index (κ2) is 12.2. The lowest BCUT2D eigenvalue weighted by molar-refractivity contribution is -0.132. The Balaban J connectivity index is 1.62. The summed E-state index contributed by atoms with van der Waals surface area (Å²) in [7, 11) is 1.86. The molecule has 0 aliphatic carbocycles. The number of hydrogen-bond donors (Lipinski definition) is 1. The molecule has 1 N–H and O–H groups in total. The van der Waals surface area contributed by atoms with Gasteiger partial charge < -0.3 is 15.1 Å². The molecule has 6 nitrogen and oxygen atoms in total. The number of rotatable bonds is 11. The van der Waals surface area contributed by atoms with Crippen LogP contribution in [0.4, 0.5) is 0 Å². The molecule has 2 heterocycles. The molecule has 2 rings (SSSR count). The lowest BCUT2D eigenvalue weighted by Crippen LogP contribution is -2.45. The van der Waals surface area contributed by atoms with Crippen molar-refractivity contribution in [3.05, 3.63) is 22.4 Å². The molecule has 2 amide bonds. The number of nitrogens with zero attached hydrogens (tertiary/aromatic N) is 3. The third-order valence-corrected chi connectivity index (χ3v) is 6.32. The minimum atomic E-state index is 0.0864. The number of likely N-dealkylation sites (tertiary alicyclic amines) is 1. The van der Waals surface area contributed by atoms with Crippen LogP contribution < -0.4 is 5.32 Å². The van der Waals surface area contributed by atoms with Gasteiger partial charge in [0.25, 0.3) is 0 Å². The number of likely N-dealkylation sites (N-methyl/N-ethyl adjacent to an activating group) is 1. The first-order valence-corrected chi connectivity index (χ1v) is 11.4. The average molecular weight is 409 g/mol. The maximum Gasteiger partial charge on any atom is 0.236 e. The highest BCUT2D eigenvalue weighted by Gasteiger charge is 2.26. The summed E-state index contributed by atoms with van der Waals surface area (Å²) in [5, 5.41) is 7.21. The monoisotopic (exact) mass is 408 g/mol. The summed E-state index contributed by atoms with van der Waals surface area (Å²) < 4.78 is 0. The van der Waals surface area contributed by atoms with E-state index >= 15 is 0 Å². The van der Waals surface area contributed by atoms with Crippen LogP contribution in [0.5, 0.6) is 0 Å². The lowest BCUT2D eigenvalue weighted by Gasteiger charge is -2.32. The Morgan fingerprint density at radius 3 is 2.57 bits per heavy atom. The predicted octanol–water partition coefficient (Wildman–Crippen LogP) is 2.27. The molecule has 1 aliphatic rings. The van der Waals surface area contributed by atoms with Crippen LogP contribution in [0, 0.1) is 5.92 Å². The minimum absolute atomic E-state index is 0.0864. The van der Waals surface area contributed by atoms with Gasteiger partial charge in [0.1, 0.15) is 0 Å². The number of carbonyl (C=O) groups excluding carboxylic acids is 2. The molecule has 158 valence electrons. The van der Waals surface area contributed by atoms with Gasteiger partial charge in [-0.25, -0.2) is 0 Å². The van der Waals surface area contributed by atoms with Crippen LogP contribution >= 0.6 is 11.3 Å². The predicted molar refractivity (Wildman–Crippen MR) is 115 cm³/mol. The second-order valence-electron chi connectivity index (χ2n) is 7.60. The average Bonchev–Trinajstić information content (AvgIpc) is 3.21. The number of amides is 2. The van der Waals surface area contributed by atoms with Crippen LogP contribution in [0.2, 0.25) is 0 Å². The van der Waals surface area contributed by atoms with Gasteiger partial charge in [0.2, 0.25) is 11.8 Å². The SMILES string of the molecule is CCN(CC)CCCNC(=O)C1CCN(CC(=O)N(C)Cc2ccsc2)CC1. The fraction of sp³-hybridized carbons (Fsp3) is 0.714. The smallest absolute Gasteiger partial charge is 0.236 e. The van der Waals surface area contributed by atoms with Crippen LogP contribution in [0.25, 0.3) is 0 Å². The van der Waals surface area contributed by atoms with Gasteiger partial charge in [-0.05, 0) is 74.4 Å². The molecular formula is C21H36N4O2S. The Morgan fingerprint density at radius 2 is 1.96 bits per heavy atom. The van der Waals surface area contributed by atoms with Crippen molar-refractivity contribution in [2.75, 3.05) is 52.9 Å². The molecule has 0 bridgehead atoms. The Labute approximate surface area is 173 Å². The first kappa shape index (κ1) is 22.8. The van der Waals surface area contributed by atoms with Gasteiger partial charge in [0.15, 0.2) is 0 Å². The lowest BCUT2D eigenvalue weighted by atomic mass is 9.96. The van der Waals surface area contributed by atoms with E-state index in [4.69, 9.17) is 0 Å². The summed E-state index contributed by atoms with van der Waals surface area (Å²) in [5.41, 5.74) is 1.18. The molecule has 7 heteroatoms. The molecule has 1 fully saturated rings. The second-order valence-corrected chi connectivity index (χ2v) is 8.38. The van der Waals surface area contributed by atoms with E-state index in [2.05, 4.69) is 40.4 Å². The summed E-state index contributed by atoms with van der Waals surface area (Å²) in [6.45, 7) is 11.0. The molecule has 0 saturated carbocycles. The highest BCUT2D eigenvalue weighted by Crippen LogP contribution is 2.17. The first-order valence-electron chi connectivity index (χ1n) is 10.5. The van der Waals surface area contributed by atoms with E-state index in [-0.39, 0.29) is 17.7 Å². The Hall–Kier alpha value is -1.44. The molecule has 0 radical (unpaired) electrons. The van der Waals surface area contributed by atoms with E-state index < -0.39 is 0 Å². The molecular weight excluding hydrogens is 372 g/mol. The van der Waals surface area contributed by atoms with Gasteiger partial charge in [-0.3, -0.25) is 14.5 Å². The minimum Gasteiger partial charge on any atom is -0.356 e. The number of thiophene rings is 1. The molecule has 1 saturated heterocycles. The van der Waals surface area contributed by atoms with E-state index in [9.17, 15) is 9.59 Å². The Kier molecular flexibility index (Phi) is 9.95. The van der Waals surface area contributed by atoms with Crippen molar-refractivity contribution in [1.82, 2.24) is 20.0 Å². The normalized spacial score (nSPS) is 15.7. The third-order valence-electron chi connectivity index (χ3n) is 5.59. The number of carbonyl (C=O) groups is 2. The molecule has 1 aliphatic heterocycles. The van der Waals surface area contributed by atoms with Crippen LogP contribution in [0.3, 0.4) is 0 Å². The summed E-state index contributed by atoms with van der Waals surface area (Å²) >= 11 is 1.65. The number of nitrogens with one attached hydrogen (secondary N) is 1. The summed E-state index contributed by atoms with van der Waals surface area (Å²) in [4.78, 5) is 31.2. The van der Waals surface area contributed by atoms with Crippen LogP contribution in [-0.2, 0) is 16.1 Å². The zero-order chi connectivity index (χ0) is 20.4. The number of piperidine rings is 1. The van der Waals surface area contributed by atoms with Gasteiger partial charge in [-0.2, -0.15) is 11.3 Å². The molecule has 0 spiro atoms. The standard InChI is InChI=1S/C21H36N4O2S/c1-4-24(5-2)11-6-10-22-21(27)19-7-12-25(13-8-19)16-20(26)23(3)15-18-9-14-28-17-18/h9,14,17,19H,4-8,10-13,15-16H2,1-3H3,(H,22,27). The largest absolute Gasteiger partial charge is 0.356 e. The maximum atomic E-state index is 12.4. The van der Waals surface area contributed by atoms with Crippen molar-refractivity contribution in [1.29, 1.82) is 0 Å².